The molecule has 1 rings (SSSR count). The van der Waals surface area contributed by atoms with Crippen molar-refractivity contribution in [1.82, 2.24) is 4.98 Å². The number of likely N-dealkylation sites (N-methyl/N-ethyl adjacent to an activating group) is 1. The van der Waals surface area contributed by atoms with Crippen molar-refractivity contribution in [3.8, 4) is 0 Å². The summed E-state index contributed by atoms with van der Waals surface area (Å²) in [4.78, 5) is 17.4. The summed E-state index contributed by atoms with van der Waals surface area (Å²) < 4.78 is 9.42. The Hall–Kier alpha value is -0.890. The fourth-order valence-corrected chi connectivity index (χ4v) is 2.48. The second-order valence-corrected chi connectivity index (χ2v) is 4.93. The van der Waals surface area contributed by atoms with E-state index in [2.05, 4.69) is 9.72 Å². The molecule has 8 heteroatoms. The minimum Gasteiger partial charge on any atom is -0.465 e. The summed E-state index contributed by atoms with van der Waals surface area (Å²) >= 11 is 6.96. The summed E-state index contributed by atoms with van der Waals surface area (Å²) in [6.45, 7) is 0.561. The standard InChI is InChI=1S/C10H15ClN2O4S/c1-13(4-6(14)5-16-2)10-12-8(11)7(18-10)9(15)17-3/h6,14H,4-5H2,1-3H3. The lowest BCUT2D eigenvalue weighted by Crippen LogP contribution is -2.31. The molecule has 1 aromatic rings. The van der Waals surface area contributed by atoms with Crippen LogP contribution in [-0.4, -0.2) is 56.6 Å². The van der Waals surface area contributed by atoms with E-state index >= 15 is 0 Å². The number of thiazole rings is 1. The quantitative estimate of drug-likeness (QED) is 0.790. The number of aliphatic hydroxyl groups is 1. The number of carbonyl (C=O) groups excluding carboxylic acids is 1. The Morgan fingerprint density at radius 2 is 2.28 bits per heavy atom. The Labute approximate surface area is 114 Å². The van der Waals surface area contributed by atoms with Crippen LogP contribution in [0.1, 0.15) is 9.67 Å². The Bertz CT molecular complexity index is 413. The van der Waals surface area contributed by atoms with Gasteiger partial charge in [-0.2, -0.15) is 0 Å². The number of anilines is 1. The summed E-state index contributed by atoms with van der Waals surface area (Å²) in [6, 6.07) is 0. The van der Waals surface area contributed by atoms with Crippen LogP contribution < -0.4 is 4.90 Å². The van der Waals surface area contributed by atoms with Gasteiger partial charge in [0.05, 0.1) is 19.8 Å². The zero-order valence-corrected chi connectivity index (χ0v) is 11.9. The molecule has 6 nitrogen and oxygen atoms in total. The lowest BCUT2D eigenvalue weighted by molar-refractivity contribution is 0.0606. The van der Waals surface area contributed by atoms with Crippen LogP contribution in [0.3, 0.4) is 0 Å². The van der Waals surface area contributed by atoms with Crippen LogP contribution in [0.25, 0.3) is 0 Å². The molecule has 0 aromatic carbocycles. The number of rotatable bonds is 6. The Kier molecular flexibility index (Phi) is 5.80. The van der Waals surface area contributed by atoms with Crippen LogP contribution in [0.2, 0.25) is 5.15 Å². The third kappa shape index (κ3) is 3.81. The van der Waals surface area contributed by atoms with Crippen molar-refractivity contribution in [2.24, 2.45) is 0 Å². The maximum Gasteiger partial charge on any atom is 0.351 e. The van der Waals surface area contributed by atoms with Gasteiger partial charge in [-0.3, -0.25) is 0 Å². The van der Waals surface area contributed by atoms with Gasteiger partial charge in [0.15, 0.2) is 15.2 Å². The summed E-state index contributed by atoms with van der Waals surface area (Å²) in [5.74, 6) is -0.519. The molecule has 0 saturated carbocycles. The molecular weight excluding hydrogens is 280 g/mol. The topological polar surface area (TPSA) is 71.9 Å². The third-order valence-corrected chi connectivity index (χ3v) is 3.65. The van der Waals surface area contributed by atoms with Crippen molar-refractivity contribution in [2.75, 3.05) is 39.3 Å². The first-order chi connectivity index (χ1) is 8.49. The van der Waals surface area contributed by atoms with Gasteiger partial charge in [-0.05, 0) is 0 Å². The van der Waals surface area contributed by atoms with Crippen LogP contribution in [-0.2, 0) is 9.47 Å². The van der Waals surface area contributed by atoms with E-state index < -0.39 is 12.1 Å². The molecule has 0 bridgehead atoms. The zero-order valence-electron chi connectivity index (χ0n) is 10.3. The lowest BCUT2D eigenvalue weighted by atomic mass is 10.3. The third-order valence-electron chi connectivity index (χ3n) is 2.12. The summed E-state index contributed by atoms with van der Waals surface area (Å²) in [6.07, 6.45) is -0.635. The van der Waals surface area contributed by atoms with Crippen LogP contribution in [0, 0.1) is 0 Å². The molecule has 0 aliphatic rings. The number of carbonyl (C=O) groups is 1. The van der Waals surface area contributed by atoms with Gasteiger partial charge >= 0.3 is 5.97 Å². The highest BCUT2D eigenvalue weighted by molar-refractivity contribution is 7.18. The number of esters is 1. The number of halogens is 1. The molecule has 1 unspecified atom stereocenters. The number of hydrogen-bond donors (Lipinski definition) is 1. The first-order valence-electron chi connectivity index (χ1n) is 5.12. The number of methoxy groups -OCH3 is 2. The minimum atomic E-state index is -0.635. The monoisotopic (exact) mass is 294 g/mol. The number of nitrogens with zero attached hydrogens (tertiary/aromatic N) is 2. The molecule has 0 aliphatic heterocycles. The number of ether oxygens (including phenoxy) is 2. The van der Waals surface area contributed by atoms with Gasteiger partial charge in [0.2, 0.25) is 0 Å². The molecule has 0 amide bonds. The van der Waals surface area contributed by atoms with Gasteiger partial charge in [0, 0.05) is 20.7 Å². The fourth-order valence-electron chi connectivity index (χ4n) is 1.31. The van der Waals surface area contributed by atoms with E-state index in [1.54, 1.807) is 11.9 Å². The molecule has 18 heavy (non-hydrogen) atoms. The lowest BCUT2D eigenvalue weighted by Gasteiger charge is -2.19. The molecule has 0 fully saturated rings. The average molecular weight is 295 g/mol. The summed E-state index contributed by atoms with van der Waals surface area (Å²) in [5.41, 5.74) is 0. The van der Waals surface area contributed by atoms with Crippen LogP contribution in [0.5, 0.6) is 0 Å². The van der Waals surface area contributed by atoms with E-state index in [1.807, 2.05) is 0 Å². The summed E-state index contributed by atoms with van der Waals surface area (Å²) in [7, 11) is 4.54. The first kappa shape index (κ1) is 15.2. The van der Waals surface area contributed by atoms with Gasteiger partial charge in [0.25, 0.3) is 0 Å². The van der Waals surface area contributed by atoms with Crippen molar-refractivity contribution in [3.63, 3.8) is 0 Å². The van der Waals surface area contributed by atoms with Gasteiger partial charge < -0.3 is 19.5 Å². The molecule has 0 aliphatic carbocycles. The molecule has 0 radical (unpaired) electrons. The molecule has 102 valence electrons. The zero-order chi connectivity index (χ0) is 13.7. The Morgan fingerprint density at radius 1 is 1.61 bits per heavy atom. The predicted molar refractivity (Wildman–Crippen MR) is 69.6 cm³/mol. The van der Waals surface area contributed by atoms with E-state index in [0.29, 0.717) is 11.7 Å². The van der Waals surface area contributed by atoms with Crippen molar-refractivity contribution in [1.29, 1.82) is 0 Å². The maximum atomic E-state index is 11.4. The molecule has 1 N–H and O–H groups in total. The fraction of sp³-hybridized carbons (Fsp3) is 0.600. The summed E-state index contributed by atoms with van der Waals surface area (Å²) in [5, 5.41) is 10.2. The highest BCUT2D eigenvalue weighted by Crippen LogP contribution is 2.29. The maximum absolute atomic E-state index is 11.4. The van der Waals surface area contributed by atoms with Gasteiger partial charge in [0.1, 0.15) is 0 Å². The molecule has 0 saturated heterocycles. The van der Waals surface area contributed by atoms with E-state index in [9.17, 15) is 9.90 Å². The second-order valence-electron chi connectivity index (χ2n) is 3.60. The van der Waals surface area contributed by atoms with Gasteiger partial charge in [-0.1, -0.05) is 22.9 Å². The van der Waals surface area contributed by atoms with E-state index in [4.69, 9.17) is 16.3 Å². The van der Waals surface area contributed by atoms with Crippen molar-refractivity contribution in [2.45, 2.75) is 6.10 Å². The normalized spacial score (nSPS) is 12.3. The van der Waals surface area contributed by atoms with Gasteiger partial charge in [-0.15, -0.1) is 0 Å². The predicted octanol–water partition coefficient (Wildman–Crippen LogP) is 1.03. The van der Waals surface area contributed by atoms with E-state index in [1.165, 1.54) is 14.2 Å². The van der Waals surface area contributed by atoms with Crippen molar-refractivity contribution < 1.29 is 19.4 Å². The van der Waals surface area contributed by atoms with Crippen LogP contribution in [0.15, 0.2) is 0 Å². The van der Waals surface area contributed by atoms with Crippen LogP contribution in [0.4, 0.5) is 5.13 Å². The molecule has 1 heterocycles. The molecule has 0 spiro atoms. The Morgan fingerprint density at radius 3 is 2.83 bits per heavy atom. The van der Waals surface area contributed by atoms with E-state index in [0.717, 1.165) is 11.3 Å². The Balaban J connectivity index is 2.75. The number of aromatic nitrogens is 1. The van der Waals surface area contributed by atoms with Crippen molar-refractivity contribution in [3.05, 3.63) is 10.0 Å². The highest BCUT2D eigenvalue weighted by Gasteiger charge is 2.20. The van der Waals surface area contributed by atoms with Crippen LogP contribution >= 0.6 is 22.9 Å². The molecular formula is C10H15ClN2O4S. The highest BCUT2D eigenvalue weighted by atomic mass is 35.5. The largest absolute Gasteiger partial charge is 0.465 e. The number of hydrogen-bond acceptors (Lipinski definition) is 7. The average Bonchev–Trinajstić information content (AvgIpc) is 2.70. The molecule has 1 atom stereocenters. The second kappa shape index (κ2) is 6.89. The number of aliphatic hydroxyl groups excluding tert-OH is 1. The first-order valence-corrected chi connectivity index (χ1v) is 6.31. The van der Waals surface area contributed by atoms with Gasteiger partial charge in [-0.25, -0.2) is 9.78 Å². The SMILES string of the molecule is COCC(O)CN(C)c1nc(Cl)c(C(=O)OC)s1. The smallest absolute Gasteiger partial charge is 0.351 e. The molecule has 1 aromatic heterocycles. The van der Waals surface area contributed by atoms with Crippen molar-refractivity contribution >= 4 is 34.0 Å². The minimum absolute atomic E-state index is 0.106. The van der Waals surface area contributed by atoms with E-state index in [-0.39, 0.29) is 16.6 Å².